The number of benzene rings is 1. The zero-order valence-corrected chi connectivity index (χ0v) is 11.5. The van der Waals surface area contributed by atoms with Crippen LogP contribution in [0.2, 0.25) is 0 Å². The topological polar surface area (TPSA) is 97.4 Å². The lowest BCUT2D eigenvalue weighted by Crippen LogP contribution is -2.28. The highest BCUT2D eigenvalue weighted by Crippen LogP contribution is 2.31. The molecule has 7 heteroatoms. The Morgan fingerprint density at radius 3 is 2.85 bits per heavy atom. The fourth-order valence-electron chi connectivity index (χ4n) is 1.63. The summed E-state index contributed by atoms with van der Waals surface area (Å²) in [5.74, 6) is 0.565. The van der Waals surface area contributed by atoms with Crippen LogP contribution in [-0.2, 0) is 0 Å². The van der Waals surface area contributed by atoms with Crippen molar-refractivity contribution in [2.75, 3.05) is 20.3 Å². The van der Waals surface area contributed by atoms with Gasteiger partial charge in [0.05, 0.1) is 36.8 Å². The number of nitro benzene ring substituents is 1. The predicted octanol–water partition coefficient (Wildman–Crippen LogP) is 1.87. The Balaban J connectivity index is 2.68. The number of nitro groups is 1. The zero-order chi connectivity index (χ0) is 15.0. The van der Waals surface area contributed by atoms with Gasteiger partial charge in [-0.05, 0) is 18.7 Å². The summed E-state index contributed by atoms with van der Waals surface area (Å²) in [6, 6.07) is 6.17. The van der Waals surface area contributed by atoms with Gasteiger partial charge in [0.1, 0.15) is 5.75 Å². The van der Waals surface area contributed by atoms with Crippen molar-refractivity contribution in [2.24, 2.45) is 0 Å². The molecular weight excluding hydrogens is 262 g/mol. The Labute approximate surface area is 117 Å². The van der Waals surface area contributed by atoms with E-state index in [1.54, 1.807) is 6.07 Å². The quantitative estimate of drug-likeness (QED) is 0.576. The number of hydrogen-bond acceptors (Lipinski definition) is 6. The average Bonchev–Trinajstić information content (AvgIpc) is 2.46. The van der Waals surface area contributed by atoms with Gasteiger partial charge >= 0.3 is 5.69 Å². The number of nitriles is 1. The first-order chi connectivity index (χ1) is 9.62. The summed E-state index contributed by atoms with van der Waals surface area (Å²) in [5, 5.41) is 22.8. The van der Waals surface area contributed by atoms with Gasteiger partial charge in [-0.15, -0.1) is 0 Å². The second-order valence-corrected chi connectivity index (χ2v) is 3.97. The van der Waals surface area contributed by atoms with Gasteiger partial charge in [0.25, 0.3) is 0 Å². The molecule has 1 aromatic carbocycles. The normalized spacial score (nSPS) is 11.4. The first kappa shape index (κ1) is 15.7. The molecule has 20 heavy (non-hydrogen) atoms. The molecule has 0 amide bonds. The molecule has 1 aromatic rings. The maximum atomic E-state index is 11.0. The van der Waals surface area contributed by atoms with Crippen molar-refractivity contribution >= 4 is 5.69 Å². The van der Waals surface area contributed by atoms with E-state index < -0.39 is 4.92 Å². The average molecular weight is 279 g/mol. The third-order valence-electron chi connectivity index (χ3n) is 2.63. The van der Waals surface area contributed by atoms with Crippen LogP contribution in [0.1, 0.15) is 13.3 Å². The Bertz CT molecular complexity index is 499. The molecule has 0 radical (unpaired) electrons. The van der Waals surface area contributed by atoms with Crippen molar-refractivity contribution in [2.45, 2.75) is 19.4 Å². The van der Waals surface area contributed by atoms with E-state index in [1.807, 2.05) is 6.92 Å². The second-order valence-electron chi connectivity index (χ2n) is 3.97. The summed E-state index contributed by atoms with van der Waals surface area (Å²) >= 11 is 0. The molecule has 0 spiro atoms. The SMILES string of the molecule is CCNC(C#N)CCOc1ccc(OC)cc1[N+](=O)[O-]. The molecule has 0 saturated carbocycles. The van der Waals surface area contributed by atoms with Gasteiger partial charge in [0, 0.05) is 6.42 Å². The van der Waals surface area contributed by atoms with Crippen LogP contribution in [0.3, 0.4) is 0 Å². The number of hydrogen-bond donors (Lipinski definition) is 1. The number of rotatable bonds is 8. The third kappa shape index (κ3) is 4.40. The van der Waals surface area contributed by atoms with Gasteiger partial charge in [-0.25, -0.2) is 0 Å². The van der Waals surface area contributed by atoms with Crippen LogP contribution in [0, 0.1) is 21.4 Å². The first-order valence-corrected chi connectivity index (χ1v) is 6.20. The standard InChI is InChI=1S/C13H17N3O4/c1-3-15-10(9-14)6-7-20-13-5-4-11(19-2)8-12(13)16(17)18/h4-5,8,10,15H,3,6-7H2,1-2H3. The molecule has 0 aliphatic rings. The minimum atomic E-state index is -0.524. The maximum Gasteiger partial charge on any atom is 0.314 e. The largest absolute Gasteiger partial charge is 0.496 e. The molecule has 1 N–H and O–H groups in total. The lowest BCUT2D eigenvalue weighted by Gasteiger charge is -2.11. The molecule has 0 aliphatic carbocycles. The fraction of sp³-hybridized carbons (Fsp3) is 0.462. The molecule has 0 heterocycles. The zero-order valence-electron chi connectivity index (χ0n) is 11.5. The molecule has 0 fully saturated rings. The van der Waals surface area contributed by atoms with Gasteiger partial charge in [-0.3, -0.25) is 10.1 Å². The van der Waals surface area contributed by atoms with E-state index in [0.29, 0.717) is 18.7 Å². The third-order valence-corrected chi connectivity index (χ3v) is 2.63. The maximum absolute atomic E-state index is 11.0. The van der Waals surface area contributed by atoms with Crippen molar-refractivity contribution in [3.63, 3.8) is 0 Å². The molecule has 0 bridgehead atoms. The highest BCUT2D eigenvalue weighted by molar-refractivity contribution is 5.50. The van der Waals surface area contributed by atoms with Crippen LogP contribution >= 0.6 is 0 Å². The summed E-state index contributed by atoms with van der Waals surface area (Å²) < 4.78 is 10.3. The van der Waals surface area contributed by atoms with Gasteiger partial charge in [0.15, 0.2) is 5.75 Å². The predicted molar refractivity (Wildman–Crippen MR) is 72.8 cm³/mol. The van der Waals surface area contributed by atoms with Gasteiger partial charge in [-0.1, -0.05) is 6.92 Å². The smallest absolute Gasteiger partial charge is 0.314 e. The Hall–Kier alpha value is -2.33. The molecule has 0 aromatic heterocycles. The van der Waals surface area contributed by atoms with Crippen LogP contribution in [0.25, 0.3) is 0 Å². The molecule has 7 nitrogen and oxygen atoms in total. The minimum Gasteiger partial charge on any atom is -0.496 e. The molecule has 1 unspecified atom stereocenters. The molecule has 0 saturated heterocycles. The lowest BCUT2D eigenvalue weighted by molar-refractivity contribution is -0.385. The Kier molecular flexibility index (Phi) is 6.26. The summed E-state index contributed by atoms with van der Waals surface area (Å²) in [6.45, 7) is 2.80. The number of methoxy groups -OCH3 is 1. The minimum absolute atomic E-state index is 0.152. The lowest BCUT2D eigenvalue weighted by atomic mass is 10.2. The van der Waals surface area contributed by atoms with Crippen molar-refractivity contribution in [3.8, 4) is 17.6 Å². The van der Waals surface area contributed by atoms with Gasteiger partial charge in [-0.2, -0.15) is 5.26 Å². The van der Waals surface area contributed by atoms with Crippen LogP contribution in [0.5, 0.6) is 11.5 Å². The molecule has 108 valence electrons. The summed E-state index contributed by atoms with van der Waals surface area (Å²) in [7, 11) is 1.44. The van der Waals surface area contributed by atoms with Crippen LogP contribution in [0.15, 0.2) is 18.2 Å². The highest BCUT2D eigenvalue weighted by atomic mass is 16.6. The van der Waals surface area contributed by atoms with Crippen LogP contribution in [0.4, 0.5) is 5.69 Å². The molecule has 1 rings (SSSR count). The molecule has 0 aliphatic heterocycles. The van der Waals surface area contributed by atoms with Crippen LogP contribution < -0.4 is 14.8 Å². The summed E-state index contributed by atoms with van der Waals surface area (Å²) in [4.78, 5) is 10.4. The first-order valence-electron chi connectivity index (χ1n) is 6.20. The van der Waals surface area contributed by atoms with Crippen LogP contribution in [-0.4, -0.2) is 31.2 Å². The van der Waals surface area contributed by atoms with E-state index in [9.17, 15) is 10.1 Å². The number of nitrogens with one attached hydrogen (secondary N) is 1. The van der Waals surface area contributed by atoms with Crippen molar-refractivity contribution < 1.29 is 14.4 Å². The van der Waals surface area contributed by atoms with E-state index >= 15 is 0 Å². The van der Waals surface area contributed by atoms with E-state index in [2.05, 4.69) is 11.4 Å². The summed E-state index contributed by atoms with van der Waals surface area (Å²) in [6.07, 6.45) is 0.452. The van der Waals surface area contributed by atoms with Crippen molar-refractivity contribution in [1.29, 1.82) is 5.26 Å². The van der Waals surface area contributed by atoms with E-state index in [4.69, 9.17) is 14.7 Å². The molecular formula is C13H17N3O4. The van der Waals surface area contributed by atoms with Gasteiger partial charge in [0.2, 0.25) is 0 Å². The molecule has 1 atom stereocenters. The highest BCUT2D eigenvalue weighted by Gasteiger charge is 2.17. The fourth-order valence-corrected chi connectivity index (χ4v) is 1.63. The number of nitrogens with zero attached hydrogens (tertiary/aromatic N) is 2. The van der Waals surface area contributed by atoms with Crippen molar-refractivity contribution in [1.82, 2.24) is 5.32 Å². The van der Waals surface area contributed by atoms with Gasteiger partial charge < -0.3 is 14.8 Å². The van der Waals surface area contributed by atoms with E-state index in [1.165, 1.54) is 19.2 Å². The van der Waals surface area contributed by atoms with Crippen molar-refractivity contribution in [3.05, 3.63) is 28.3 Å². The van der Waals surface area contributed by atoms with E-state index in [-0.39, 0.29) is 24.1 Å². The summed E-state index contributed by atoms with van der Waals surface area (Å²) in [5.41, 5.74) is -0.152. The van der Waals surface area contributed by atoms with E-state index in [0.717, 1.165) is 0 Å². The monoisotopic (exact) mass is 279 g/mol. The second kappa shape index (κ2) is 7.96. The Morgan fingerprint density at radius 1 is 1.55 bits per heavy atom. The Morgan fingerprint density at radius 2 is 2.30 bits per heavy atom. The number of ether oxygens (including phenoxy) is 2.